The van der Waals surface area contributed by atoms with Crippen molar-refractivity contribution in [1.29, 1.82) is 0 Å². The van der Waals surface area contributed by atoms with E-state index < -0.39 is 0 Å². The van der Waals surface area contributed by atoms with Crippen LogP contribution in [0, 0.1) is 0 Å². The van der Waals surface area contributed by atoms with Crippen molar-refractivity contribution in [2.75, 3.05) is 6.54 Å². The van der Waals surface area contributed by atoms with Gasteiger partial charge in [0.15, 0.2) is 5.82 Å². The normalized spacial score (nSPS) is 12.4. The molecule has 1 atom stereocenters. The molecule has 2 N–H and O–H groups in total. The van der Waals surface area contributed by atoms with Gasteiger partial charge in [0.1, 0.15) is 0 Å². The molecule has 0 aliphatic heterocycles. The van der Waals surface area contributed by atoms with Gasteiger partial charge in [-0.05, 0) is 23.6 Å². The second kappa shape index (κ2) is 9.60. The number of H-pyrrole nitrogens is 1. The lowest BCUT2D eigenvalue weighted by atomic mass is 9.91. The average molecular weight is 417 g/mol. The van der Waals surface area contributed by atoms with Crippen molar-refractivity contribution in [1.82, 2.24) is 20.4 Å². The van der Waals surface area contributed by atoms with Crippen LogP contribution in [0.5, 0.6) is 0 Å². The number of para-hydroxylation sites is 1. The summed E-state index contributed by atoms with van der Waals surface area (Å²) in [5.74, 6) is 1.65. The van der Waals surface area contributed by atoms with E-state index in [-0.39, 0.29) is 17.7 Å². The molecule has 1 unspecified atom stereocenters. The molecule has 0 bridgehead atoms. The Morgan fingerprint density at radius 2 is 1.87 bits per heavy atom. The predicted molar refractivity (Wildman–Crippen MR) is 121 cm³/mol. The van der Waals surface area contributed by atoms with Gasteiger partial charge in [0, 0.05) is 48.3 Å². The van der Waals surface area contributed by atoms with Crippen molar-refractivity contribution in [2.45, 2.75) is 44.9 Å². The molecule has 2 aromatic heterocycles. The maximum Gasteiger partial charge on any atom is 0.226 e. The van der Waals surface area contributed by atoms with E-state index in [2.05, 4.69) is 50.9 Å². The highest BCUT2D eigenvalue weighted by Gasteiger charge is 2.19. The lowest BCUT2D eigenvalue weighted by molar-refractivity contribution is -0.121. The molecule has 1 amide bonds. The Hall–Kier alpha value is -3.41. The molecule has 2 aromatic carbocycles. The minimum absolute atomic E-state index is 0.0318. The van der Waals surface area contributed by atoms with Crippen molar-refractivity contribution in [2.24, 2.45) is 0 Å². The number of hydrogen-bond donors (Lipinski definition) is 2. The van der Waals surface area contributed by atoms with Gasteiger partial charge in [-0.3, -0.25) is 4.79 Å². The third-order valence-corrected chi connectivity index (χ3v) is 5.50. The summed E-state index contributed by atoms with van der Waals surface area (Å²) in [4.78, 5) is 20.3. The highest BCUT2D eigenvalue weighted by molar-refractivity contribution is 5.84. The number of aromatic nitrogens is 3. The minimum atomic E-state index is 0.0318. The van der Waals surface area contributed by atoms with Gasteiger partial charge >= 0.3 is 0 Å². The number of fused-ring (bicyclic) bond motifs is 1. The fourth-order valence-corrected chi connectivity index (χ4v) is 3.78. The smallest absolute Gasteiger partial charge is 0.226 e. The molecule has 6 nitrogen and oxygen atoms in total. The third kappa shape index (κ3) is 5.02. The predicted octanol–water partition coefficient (Wildman–Crippen LogP) is 4.95. The Bertz CT molecular complexity index is 1130. The zero-order valence-corrected chi connectivity index (χ0v) is 18.0. The SMILES string of the molecule is CC(C)c1noc(CCCC(=O)NCC(c2ccccc2)c2c[nH]c3ccccc23)n1. The number of amides is 1. The lowest BCUT2D eigenvalue weighted by Gasteiger charge is -2.18. The summed E-state index contributed by atoms with van der Waals surface area (Å²) in [6.45, 7) is 4.60. The number of carbonyl (C=O) groups excluding carboxylic acids is 1. The van der Waals surface area contributed by atoms with Crippen LogP contribution in [0.3, 0.4) is 0 Å². The van der Waals surface area contributed by atoms with Gasteiger partial charge in [0.25, 0.3) is 0 Å². The second-order valence-electron chi connectivity index (χ2n) is 8.11. The van der Waals surface area contributed by atoms with E-state index in [9.17, 15) is 4.79 Å². The molecule has 4 rings (SSSR count). The molecule has 160 valence electrons. The quantitative estimate of drug-likeness (QED) is 0.405. The third-order valence-electron chi connectivity index (χ3n) is 5.50. The van der Waals surface area contributed by atoms with Gasteiger partial charge in [-0.1, -0.05) is 67.5 Å². The van der Waals surface area contributed by atoms with Crippen LogP contribution in [0.4, 0.5) is 0 Å². The number of nitrogens with one attached hydrogen (secondary N) is 2. The van der Waals surface area contributed by atoms with Crippen LogP contribution in [-0.2, 0) is 11.2 Å². The second-order valence-corrected chi connectivity index (χ2v) is 8.11. The van der Waals surface area contributed by atoms with E-state index in [4.69, 9.17) is 4.52 Å². The van der Waals surface area contributed by atoms with Gasteiger partial charge in [0.05, 0.1) is 0 Å². The van der Waals surface area contributed by atoms with Crippen LogP contribution in [0.15, 0.2) is 65.3 Å². The maximum absolute atomic E-state index is 12.5. The Morgan fingerprint density at radius 3 is 2.65 bits per heavy atom. The molecule has 0 saturated heterocycles. The van der Waals surface area contributed by atoms with E-state index in [0.29, 0.717) is 37.5 Å². The number of hydrogen-bond acceptors (Lipinski definition) is 4. The number of benzene rings is 2. The van der Waals surface area contributed by atoms with E-state index in [0.717, 1.165) is 5.52 Å². The topological polar surface area (TPSA) is 83.8 Å². The van der Waals surface area contributed by atoms with Crippen molar-refractivity contribution < 1.29 is 9.32 Å². The number of aryl methyl sites for hydroxylation is 1. The van der Waals surface area contributed by atoms with E-state index >= 15 is 0 Å². The largest absolute Gasteiger partial charge is 0.361 e. The molecule has 0 aliphatic rings. The minimum Gasteiger partial charge on any atom is -0.361 e. The zero-order valence-electron chi connectivity index (χ0n) is 18.0. The van der Waals surface area contributed by atoms with Gasteiger partial charge in [-0.2, -0.15) is 4.98 Å². The number of nitrogens with zero attached hydrogens (tertiary/aromatic N) is 2. The summed E-state index contributed by atoms with van der Waals surface area (Å²) in [5.41, 5.74) is 3.47. The molecule has 2 heterocycles. The molecule has 31 heavy (non-hydrogen) atoms. The lowest BCUT2D eigenvalue weighted by Crippen LogP contribution is -2.28. The molecule has 6 heteroatoms. The van der Waals surface area contributed by atoms with Gasteiger partial charge in [0.2, 0.25) is 11.8 Å². The molecule has 0 radical (unpaired) electrons. The standard InChI is InChI=1S/C25H28N4O2/c1-17(2)25-28-24(31-29-25)14-8-13-23(30)27-15-20(18-9-4-3-5-10-18)21-16-26-22-12-7-6-11-19(21)22/h3-7,9-12,16-17,20,26H,8,13-15H2,1-2H3,(H,27,30). The van der Waals surface area contributed by atoms with E-state index in [1.165, 1.54) is 16.5 Å². The van der Waals surface area contributed by atoms with Crippen molar-refractivity contribution >= 4 is 16.8 Å². The first-order valence-electron chi connectivity index (χ1n) is 10.8. The van der Waals surface area contributed by atoms with Crippen molar-refractivity contribution in [3.8, 4) is 0 Å². The average Bonchev–Trinajstić information content (AvgIpc) is 3.43. The van der Waals surface area contributed by atoms with Crippen LogP contribution >= 0.6 is 0 Å². The van der Waals surface area contributed by atoms with Crippen molar-refractivity contribution in [3.05, 3.63) is 83.6 Å². The molecular weight excluding hydrogens is 388 g/mol. The van der Waals surface area contributed by atoms with Gasteiger partial charge in [-0.15, -0.1) is 0 Å². The Labute approximate surface area is 182 Å². The summed E-state index contributed by atoms with van der Waals surface area (Å²) in [5, 5.41) is 8.28. The van der Waals surface area contributed by atoms with Gasteiger partial charge in [-0.25, -0.2) is 0 Å². The molecular formula is C25H28N4O2. The fourth-order valence-electron chi connectivity index (χ4n) is 3.78. The van der Waals surface area contributed by atoms with Crippen LogP contribution in [0.2, 0.25) is 0 Å². The van der Waals surface area contributed by atoms with E-state index in [1.807, 2.05) is 44.2 Å². The molecule has 4 aromatic rings. The van der Waals surface area contributed by atoms with Crippen LogP contribution in [-0.4, -0.2) is 27.6 Å². The first-order valence-corrected chi connectivity index (χ1v) is 10.8. The number of rotatable bonds is 9. The molecule has 0 fully saturated rings. The molecule has 0 aliphatic carbocycles. The van der Waals surface area contributed by atoms with Crippen LogP contribution < -0.4 is 5.32 Å². The fraction of sp³-hybridized carbons (Fsp3) is 0.320. The number of carbonyl (C=O) groups is 1. The van der Waals surface area contributed by atoms with Crippen LogP contribution in [0.25, 0.3) is 10.9 Å². The van der Waals surface area contributed by atoms with Gasteiger partial charge < -0.3 is 14.8 Å². The first kappa shape index (κ1) is 20.8. The summed E-state index contributed by atoms with van der Waals surface area (Å²) in [6.07, 6.45) is 3.76. The summed E-state index contributed by atoms with van der Waals surface area (Å²) in [6, 6.07) is 18.6. The Balaban J connectivity index is 1.39. The van der Waals surface area contributed by atoms with Crippen molar-refractivity contribution in [3.63, 3.8) is 0 Å². The summed E-state index contributed by atoms with van der Waals surface area (Å²) < 4.78 is 5.26. The highest BCUT2D eigenvalue weighted by atomic mass is 16.5. The molecule has 0 saturated carbocycles. The number of aromatic amines is 1. The molecule has 0 spiro atoms. The summed E-state index contributed by atoms with van der Waals surface area (Å²) in [7, 11) is 0. The van der Waals surface area contributed by atoms with E-state index in [1.54, 1.807) is 0 Å². The monoisotopic (exact) mass is 416 g/mol. The Kier molecular flexibility index (Phi) is 6.46. The Morgan fingerprint density at radius 1 is 1.10 bits per heavy atom. The highest BCUT2D eigenvalue weighted by Crippen LogP contribution is 2.30. The van der Waals surface area contributed by atoms with Crippen LogP contribution in [0.1, 0.15) is 61.4 Å². The maximum atomic E-state index is 12.5. The summed E-state index contributed by atoms with van der Waals surface area (Å²) >= 11 is 0. The first-order chi connectivity index (χ1) is 15.1. The zero-order chi connectivity index (χ0) is 21.6.